The zero-order valence-corrected chi connectivity index (χ0v) is 18.7. The van der Waals surface area contributed by atoms with Gasteiger partial charge in [-0.25, -0.2) is 9.97 Å². The fourth-order valence-electron chi connectivity index (χ4n) is 4.37. The number of aromatic nitrogens is 2. The van der Waals surface area contributed by atoms with Crippen LogP contribution in [-0.4, -0.2) is 15.9 Å². The molecule has 3 rings (SSSR count). The Labute approximate surface area is 181 Å². The van der Waals surface area contributed by atoms with E-state index in [2.05, 4.69) is 11.9 Å². The lowest BCUT2D eigenvalue weighted by molar-refractivity contribution is -0.131. The van der Waals surface area contributed by atoms with Crippen molar-refractivity contribution in [3.8, 4) is 17.1 Å². The Kier molecular flexibility index (Phi) is 8.85. The van der Waals surface area contributed by atoms with Gasteiger partial charge >= 0.3 is 5.97 Å². The first kappa shape index (κ1) is 22.5. The number of hydrogen-bond donors (Lipinski definition) is 0. The summed E-state index contributed by atoms with van der Waals surface area (Å²) in [5.74, 6) is 1.78. The van der Waals surface area contributed by atoms with Crippen LogP contribution >= 0.6 is 0 Å². The van der Waals surface area contributed by atoms with Crippen molar-refractivity contribution in [2.24, 2.45) is 5.92 Å². The molecule has 0 bridgehead atoms. The second-order valence-corrected chi connectivity index (χ2v) is 8.66. The van der Waals surface area contributed by atoms with Crippen molar-refractivity contribution in [2.75, 3.05) is 0 Å². The van der Waals surface area contributed by atoms with Crippen molar-refractivity contribution in [1.29, 1.82) is 0 Å². The summed E-state index contributed by atoms with van der Waals surface area (Å²) in [6.07, 6.45) is 17.9. The zero-order chi connectivity index (χ0) is 21.2. The first-order valence-electron chi connectivity index (χ1n) is 11.8. The van der Waals surface area contributed by atoms with E-state index in [1.54, 1.807) is 12.1 Å². The van der Waals surface area contributed by atoms with Gasteiger partial charge in [-0.3, -0.25) is 4.79 Å². The molecule has 4 nitrogen and oxygen atoms in total. The average Bonchev–Trinajstić information content (AvgIpc) is 2.75. The van der Waals surface area contributed by atoms with Crippen LogP contribution in [0.2, 0.25) is 0 Å². The molecule has 1 atom stereocenters. The van der Waals surface area contributed by atoms with E-state index in [1.165, 1.54) is 82.4 Å². The minimum absolute atomic E-state index is 0.311. The van der Waals surface area contributed by atoms with Gasteiger partial charge in [0.05, 0.1) is 0 Å². The largest absolute Gasteiger partial charge is 0.427 e. The maximum Gasteiger partial charge on any atom is 0.308 e. The topological polar surface area (TPSA) is 52.1 Å². The van der Waals surface area contributed by atoms with Crippen molar-refractivity contribution in [2.45, 2.75) is 90.9 Å². The number of fused-ring (bicyclic) bond motifs is 1. The molecule has 0 saturated heterocycles. The molecule has 0 fully saturated rings. The number of rotatable bonds is 11. The van der Waals surface area contributed by atoms with Crippen molar-refractivity contribution in [1.82, 2.24) is 9.97 Å². The van der Waals surface area contributed by atoms with Gasteiger partial charge in [0.2, 0.25) is 0 Å². The number of carbonyl (C=O) groups excluding carboxylic acids is 1. The highest BCUT2D eigenvalue weighted by Gasteiger charge is 2.20. The molecular formula is C26H36N2O2. The maximum atomic E-state index is 11.1. The van der Waals surface area contributed by atoms with E-state index in [0.29, 0.717) is 5.75 Å². The molecule has 0 saturated carbocycles. The fraction of sp³-hybridized carbons (Fsp3) is 0.577. The third-order valence-electron chi connectivity index (χ3n) is 6.09. The van der Waals surface area contributed by atoms with Crippen LogP contribution in [-0.2, 0) is 17.6 Å². The van der Waals surface area contributed by atoms with Crippen molar-refractivity contribution >= 4 is 5.97 Å². The van der Waals surface area contributed by atoms with E-state index in [-0.39, 0.29) is 5.97 Å². The third-order valence-corrected chi connectivity index (χ3v) is 6.09. The molecule has 4 heteroatoms. The first-order valence-corrected chi connectivity index (χ1v) is 11.8. The van der Waals surface area contributed by atoms with E-state index in [1.807, 2.05) is 18.3 Å². The second-order valence-electron chi connectivity index (χ2n) is 8.66. The van der Waals surface area contributed by atoms with E-state index in [0.717, 1.165) is 30.1 Å². The Morgan fingerprint density at radius 2 is 1.73 bits per heavy atom. The number of ether oxygens (including phenoxy) is 1. The van der Waals surface area contributed by atoms with Gasteiger partial charge in [-0.15, -0.1) is 0 Å². The lowest BCUT2D eigenvalue weighted by Crippen LogP contribution is -2.16. The van der Waals surface area contributed by atoms with Gasteiger partial charge in [-0.05, 0) is 55.0 Å². The number of aryl methyl sites for hydroxylation is 1. The maximum absolute atomic E-state index is 11.1. The quantitative estimate of drug-likeness (QED) is 0.236. The molecule has 1 aliphatic rings. The summed E-state index contributed by atoms with van der Waals surface area (Å²) in [4.78, 5) is 20.5. The molecule has 0 radical (unpaired) electrons. The van der Waals surface area contributed by atoms with Crippen molar-refractivity contribution in [3.63, 3.8) is 0 Å². The molecular weight excluding hydrogens is 372 g/mol. The summed E-state index contributed by atoms with van der Waals surface area (Å²) in [7, 11) is 0. The van der Waals surface area contributed by atoms with Crippen LogP contribution in [0.5, 0.6) is 5.75 Å². The van der Waals surface area contributed by atoms with Gasteiger partial charge in [-0.1, -0.05) is 64.7 Å². The van der Waals surface area contributed by atoms with E-state index < -0.39 is 0 Å². The molecule has 1 aromatic heterocycles. The normalized spacial score (nSPS) is 15.6. The summed E-state index contributed by atoms with van der Waals surface area (Å²) in [5, 5.41) is 0. The molecule has 1 aliphatic carbocycles. The lowest BCUT2D eigenvalue weighted by atomic mass is 9.84. The molecule has 0 aliphatic heterocycles. The van der Waals surface area contributed by atoms with Gasteiger partial charge in [-0.2, -0.15) is 0 Å². The molecule has 1 aromatic carbocycles. The van der Waals surface area contributed by atoms with Gasteiger partial charge < -0.3 is 4.74 Å². The molecule has 2 aromatic rings. The van der Waals surface area contributed by atoms with Crippen molar-refractivity contribution in [3.05, 3.63) is 41.7 Å². The van der Waals surface area contributed by atoms with Gasteiger partial charge in [0.1, 0.15) is 5.75 Å². The lowest BCUT2D eigenvalue weighted by Gasteiger charge is -2.24. The van der Waals surface area contributed by atoms with E-state index >= 15 is 0 Å². The minimum atomic E-state index is -0.311. The van der Waals surface area contributed by atoms with Crippen molar-refractivity contribution < 1.29 is 9.53 Å². The molecule has 1 unspecified atom stereocenters. The second kappa shape index (κ2) is 11.8. The summed E-state index contributed by atoms with van der Waals surface area (Å²) in [5.41, 5.74) is 3.48. The summed E-state index contributed by atoms with van der Waals surface area (Å²) in [6, 6.07) is 7.40. The molecule has 30 heavy (non-hydrogen) atoms. The van der Waals surface area contributed by atoms with Crippen LogP contribution < -0.4 is 4.74 Å². The fourth-order valence-corrected chi connectivity index (χ4v) is 4.37. The number of nitrogens with zero attached hydrogens (tertiary/aromatic N) is 2. The molecule has 1 heterocycles. The minimum Gasteiger partial charge on any atom is -0.427 e. The Hall–Kier alpha value is -2.23. The molecule has 0 N–H and O–H groups in total. The number of unbranched alkanes of at least 4 members (excludes halogenated alkanes) is 7. The Balaban J connectivity index is 1.45. The Morgan fingerprint density at radius 1 is 1.03 bits per heavy atom. The van der Waals surface area contributed by atoms with Crippen LogP contribution in [0.25, 0.3) is 11.4 Å². The first-order chi connectivity index (χ1) is 14.7. The van der Waals surface area contributed by atoms with Gasteiger partial charge in [0.15, 0.2) is 5.82 Å². The molecule has 162 valence electrons. The summed E-state index contributed by atoms with van der Waals surface area (Å²) >= 11 is 0. The molecule has 0 spiro atoms. The SMILES string of the molecule is CCCCCCCCCCC1CCc2nc(-c3ccc(OC(C)=O)cc3)ncc2C1. The summed E-state index contributed by atoms with van der Waals surface area (Å²) in [6.45, 7) is 3.68. The Morgan fingerprint density at radius 3 is 2.43 bits per heavy atom. The van der Waals surface area contributed by atoms with Gasteiger partial charge in [0, 0.05) is 24.4 Å². The predicted molar refractivity (Wildman–Crippen MR) is 122 cm³/mol. The zero-order valence-electron chi connectivity index (χ0n) is 18.7. The monoisotopic (exact) mass is 408 g/mol. The highest BCUT2D eigenvalue weighted by molar-refractivity contribution is 5.69. The number of benzene rings is 1. The third kappa shape index (κ3) is 6.93. The Bertz CT molecular complexity index is 801. The number of hydrogen-bond acceptors (Lipinski definition) is 4. The standard InChI is InChI=1S/C26H36N2O2/c1-3-4-5-6-7-8-9-10-11-21-12-17-25-23(18-21)19-27-26(28-25)22-13-15-24(16-14-22)30-20(2)29/h13-16,19,21H,3-12,17-18H2,1-2H3. The van der Waals surface area contributed by atoms with E-state index in [9.17, 15) is 4.79 Å². The highest BCUT2D eigenvalue weighted by atomic mass is 16.5. The van der Waals surface area contributed by atoms with Crippen LogP contribution in [0, 0.1) is 5.92 Å². The van der Waals surface area contributed by atoms with Crippen LogP contribution in [0.3, 0.4) is 0 Å². The average molecular weight is 409 g/mol. The van der Waals surface area contributed by atoms with E-state index in [4.69, 9.17) is 9.72 Å². The van der Waals surface area contributed by atoms with Gasteiger partial charge in [0.25, 0.3) is 0 Å². The summed E-state index contributed by atoms with van der Waals surface area (Å²) < 4.78 is 5.10. The van der Waals surface area contributed by atoms with Crippen LogP contribution in [0.4, 0.5) is 0 Å². The number of carbonyl (C=O) groups is 1. The molecule has 0 amide bonds. The van der Waals surface area contributed by atoms with Crippen LogP contribution in [0.15, 0.2) is 30.5 Å². The number of esters is 1. The smallest absolute Gasteiger partial charge is 0.308 e. The van der Waals surface area contributed by atoms with Crippen LogP contribution in [0.1, 0.15) is 89.3 Å². The predicted octanol–water partition coefficient (Wildman–Crippen LogP) is 6.70. The highest BCUT2D eigenvalue weighted by Crippen LogP contribution is 2.29.